The molecule has 8 heteroatoms. The number of nitro groups is 1. The van der Waals surface area contributed by atoms with Crippen LogP contribution in [0.5, 0.6) is 0 Å². The van der Waals surface area contributed by atoms with Gasteiger partial charge in [0.05, 0.1) is 4.92 Å². The second kappa shape index (κ2) is 6.47. The monoisotopic (exact) mass is 296 g/mol. The number of amidine groups is 1. The van der Waals surface area contributed by atoms with Gasteiger partial charge in [-0.05, 0) is 24.3 Å². The molecular weight excluding hydrogens is 280 g/mol. The molecule has 3 N–H and O–H groups in total. The maximum atomic E-state index is 11.2. The van der Waals surface area contributed by atoms with Gasteiger partial charge in [0.2, 0.25) is 0 Å². The number of thioether (sulfide) groups is 1. The Labute approximate surface area is 120 Å². The van der Waals surface area contributed by atoms with E-state index in [9.17, 15) is 10.1 Å². The van der Waals surface area contributed by atoms with Crippen molar-refractivity contribution in [3.05, 3.63) is 33.9 Å². The Bertz CT molecular complexity index is 527. The summed E-state index contributed by atoms with van der Waals surface area (Å²) in [6.45, 7) is 1.59. The fourth-order valence-corrected chi connectivity index (χ4v) is 3.03. The summed E-state index contributed by atoms with van der Waals surface area (Å²) < 4.78 is 0. The summed E-state index contributed by atoms with van der Waals surface area (Å²) >= 11 is 1.86. The summed E-state index contributed by atoms with van der Waals surface area (Å²) in [4.78, 5) is 12.8. The summed E-state index contributed by atoms with van der Waals surface area (Å²) in [5, 5.41) is 22.8. The molecule has 1 heterocycles. The first kappa shape index (κ1) is 14.4. The third kappa shape index (κ3) is 3.13. The lowest BCUT2D eigenvalue weighted by molar-refractivity contribution is -0.384. The molecule has 1 saturated heterocycles. The molecule has 1 aliphatic rings. The number of hydrogen-bond donors (Lipinski definition) is 2. The molecule has 20 heavy (non-hydrogen) atoms. The van der Waals surface area contributed by atoms with Crippen LogP contribution in [-0.2, 0) is 0 Å². The summed E-state index contributed by atoms with van der Waals surface area (Å²) in [5.41, 5.74) is 6.39. The van der Waals surface area contributed by atoms with Gasteiger partial charge in [0.25, 0.3) is 5.69 Å². The van der Waals surface area contributed by atoms with Crippen LogP contribution in [0.2, 0.25) is 0 Å². The topological polar surface area (TPSA) is 105 Å². The van der Waals surface area contributed by atoms with E-state index in [2.05, 4.69) is 5.16 Å². The molecule has 108 valence electrons. The van der Waals surface area contributed by atoms with E-state index in [1.54, 1.807) is 12.1 Å². The van der Waals surface area contributed by atoms with Crippen molar-refractivity contribution >= 4 is 29.0 Å². The number of nitrogens with two attached hydrogens (primary N) is 1. The van der Waals surface area contributed by atoms with Crippen LogP contribution in [0, 0.1) is 10.1 Å². The number of rotatable bonds is 3. The molecule has 0 spiro atoms. The lowest BCUT2D eigenvalue weighted by Gasteiger charge is -2.22. The van der Waals surface area contributed by atoms with Crippen LogP contribution in [0.3, 0.4) is 0 Å². The maximum absolute atomic E-state index is 11.2. The summed E-state index contributed by atoms with van der Waals surface area (Å²) in [7, 11) is 0. The Kier molecular flexibility index (Phi) is 4.67. The van der Waals surface area contributed by atoms with E-state index >= 15 is 0 Å². The van der Waals surface area contributed by atoms with Gasteiger partial charge >= 0.3 is 0 Å². The summed E-state index contributed by atoms with van der Waals surface area (Å²) in [6, 6.07) is 4.65. The van der Waals surface area contributed by atoms with Gasteiger partial charge in [0, 0.05) is 30.5 Å². The average Bonchev–Trinajstić information content (AvgIpc) is 2.74. The lowest BCUT2D eigenvalue weighted by atomic mass is 10.1. The van der Waals surface area contributed by atoms with E-state index in [0.29, 0.717) is 11.3 Å². The third-order valence-corrected chi connectivity index (χ3v) is 4.19. The molecule has 1 aromatic rings. The molecule has 0 atom stereocenters. The Balaban J connectivity index is 2.39. The van der Waals surface area contributed by atoms with Crippen molar-refractivity contribution in [1.82, 2.24) is 0 Å². The first-order valence-electron chi connectivity index (χ1n) is 6.22. The third-order valence-electron chi connectivity index (χ3n) is 3.14. The van der Waals surface area contributed by atoms with Crippen molar-refractivity contribution in [3.8, 4) is 0 Å². The molecular formula is C12H16N4O3S. The molecule has 0 unspecified atom stereocenters. The highest BCUT2D eigenvalue weighted by Crippen LogP contribution is 2.30. The summed E-state index contributed by atoms with van der Waals surface area (Å²) in [5.74, 6) is 1.90. The fourth-order valence-electron chi connectivity index (χ4n) is 2.14. The predicted octanol–water partition coefficient (Wildman–Crippen LogP) is 1.63. The van der Waals surface area contributed by atoms with Crippen LogP contribution in [-0.4, -0.2) is 40.6 Å². The number of benzene rings is 1. The van der Waals surface area contributed by atoms with E-state index in [4.69, 9.17) is 10.9 Å². The fraction of sp³-hybridized carbons (Fsp3) is 0.417. The molecule has 2 rings (SSSR count). The van der Waals surface area contributed by atoms with Crippen molar-refractivity contribution in [3.63, 3.8) is 0 Å². The van der Waals surface area contributed by atoms with Gasteiger partial charge in [0.15, 0.2) is 5.84 Å². The van der Waals surface area contributed by atoms with Crippen molar-refractivity contribution in [1.29, 1.82) is 0 Å². The minimum absolute atomic E-state index is 0.0130. The second-order valence-electron chi connectivity index (χ2n) is 4.40. The van der Waals surface area contributed by atoms with E-state index < -0.39 is 4.92 Å². The Morgan fingerprint density at radius 1 is 1.45 bits per heavy atom. The normalized spacial score (nSPS) is 16.8. The van der Waals surface area contributed by atoms with Gasteiger partial charge in [0.1, 0.15) is 5.69 Å². The van der Waals surface area contributed by atoms with Gasteiger partial charge in [-0.1, -0.05) is 5.16 Å². The SMILES string of the molecule is NC(=NO)c1ccc(N2CCCSCC2)c([N+](=O)[O-])c1. The highest BCUT2D eigenvalue weighted by molar-refractivity contribution is 7.99. The molecule has 1 aromatic carbocycles. The predicted molar refractivity (Wildman–Crippen MR) is 79.8 cm³/mol. The highest BCUT2D eigenvalue weighted by Gasteiger charge is 2.21. The zero-order chi connectivity index (χ0) is 14.5. The molecule has 0 saturated carbocycles. The van der Waals surface area contributed by atoms with Crippen molar-refractivity contribution in [2.24, 2.45) is 10.9 Å². The molecule has 0 amide bonds. The number of hydrogen-bond acceptors (Lipinski definition) is 6. The zero-order valence-corrected chi connectivity index (χ0v) is 11.7. The van der Waals surface area contributed by atoms with Crippen LogP contribution in [0.15, 0.2) is 23.4 Å². The van der Waals surface area contributed by atoms with Crippen LogP contribution in [0.25, 0.3) is 0 Å². The van der Waals surface area contributed by atoms with Gasteiger partial charge in [-0.2, -0.15) is 11.8 Å². The maximum Gasteiger partial charge on any atom is 0.293 e. The van der Waals surface area contributed by atoms with Gasteiger partial charge in [-0.3, -0.25) is 10.1 Å². The molecule has 0 aromatic heterocycles. The largest absolute Gasteiger partial charge is 0.409 e. The van der Waals surface area contributed by atoms with E-state index in [1.807, 2.05) is 16.7 Å². The Hall–Kier alpha value is -1.96. The van der Waals surface area contributed by atoms with Crippen LogP contribution >= 0.6 is 11.8 Å². The van der Waals surface area contributed by atoms with Crippen molar-refractivity contribution in [2.45, 2.75) is 6.42 Å². The van der Waals surface area contributed by atoms with Gasteiger partial charge in [-0.25, -0.2) is 0 Å². The molecule has 1 aliphatic heterocycles. The zero-order valence-electron chi connectivity index (χ0n) is 10.9. The Morgan fingerprint density at radius 3 is 2.95 bits per heavy atom. The number of oxime groups is 1. The number of nitro benzene ring substituents is 1. The first-order chi connectivity index (χ1) is 9.63. The van der Waals surface area contributed by atoms with E-state index in [1.165, 1.54) is 6.07 Å². The quantitative estimate of drug-likeness (QED) is 0.289. The summed E-state index contributed by atoms with van der Waals surface area (Å²) in [6.07, 6.45) is 1.00. The number of nitrogens with zero attached hydrogens (tertiary/aromatic N) is 3. The first-order valence-corrected chi connectivity index (χ1v) is 7.38. The minimum atomic E-state index is -0.429. The molecule has 7 nitrogen and oxygen atoms in total. The van der Waals surface area contributed by atoms with E-state index in [-0.39, 0.29) is 11.5 Å². The lowest BCUT2D eigenvalue weighted by Crippen LogP contribution is -2.26. The van der Waals surface area contributed by atoms with Crippen molar-refractivity contribution < 1.29 is 10.1 Å². The smallest absolute Gasteiger partial charge is 0.293 e. The molecule has 1 fully saturated rings. The van der Waals surface area contributed by atoms with Crippen LogP contribution in [0.4, 0.5) is 11.4 Å². The van der Waals surface area contributed by atoms with Crippen molar-refractivity contribution in [2.75, 3.05) is 29.5 Å². The molecule has 0 bridgehead atoms. The average molecular weight is 296 g/mol. The van der Waals surface area contributed by atoms with Gasteiger partial charge < -0.3 is 15.8 Å². The van der Waals surface area contributed by atoms with Crippen LogP contribution in [0.1, 0.15) is 12.0 Å². The number of anilines is 1. The standard InChI is InChI=1S/C12H16N4O3S/c13-12(14-17)9-2-3-10(11(8-9)16(18)19)15-4-1-6-20-7-5-15/h2-3,8,17H,1,4-7H2,(H2,13,14). The molecule has 0 aliphatic carbocycles. The van der Waals surface area contributed by atoms with E-state index in [0.717, 1.165) is 31.0 Å². The minimum Gasteiger partial charge on any atom is -0.409 e. The highest BCUT2D eigenvalue weighted by atomic mass is 32.2. The Morgan fingerprint density at radius 2 is 2.25 bits per heavy atom. The second-order valence-corrected chi connectivity index (χ2v) is 5.62. The molecule has 0 radical (unpaired) electrons. The van der Waals surface area contributed by atoms with Gasteiger partial charge in [-0.15, -0.1) is 0 Å². The van der Waals surface area contributed by atoms with Crippen LogP contribution < -0.4 is 10.6 Å².